The third kappa shape index (κ3) is 2.49. The minimum absolute atomic E-state index is 0.212. The van der Waals surface area contributed by atoms with E-state index in [1.807, 2.05) is 20.8 Å². The van der Waals surface area contributed by atoms with Crippen LogP contribution in [-0.2, 0) is 19.7 Å². The van der Waals surface area contributed by atoms with Crippen molar-refractivity contribution >= 4 is 5.97 Å². The maximum absolute atomic E-state index is 11.8. The van der Waals surface area contributed by atoms with Gasteiger partial charge < -0.3 is 14.0 Å². The molecule has 1 fully saturated rings. The van der Waals surface area contributed by atoms with Crippen molar-refractivity contribution in [1.82, 2.24) is 10.1 Å². The predicted octanol–water partition coefficient (Wildman–Crippen LogP) is 2.01. The van der Waals surface area contributed by atoms with Crippen molar-refractivity contribution in [2.75, 3.05) is 13.7 Å². The van der Waals surface area contributed by atoms with E-state index in [-0.39, 0.29) is 18.0 Å². The molecule has 1 atom stereocenters. The molecular formula is C13H20N2O4. The molecule has 0 aromatic carbocycles. The Kier molecular flexibility index (Phi) is 3.89. The summed E-state index contributed by atoms with van der Waals surface area (Å²) in [7, 11) is 1.37. The molecule has 1 aromatic heterocycles. The van der Waals surface area contributed by atoms with Crippen LogP contribution in [0.3, 0.4) is 0 Å². The normalized spacial score (nSPS) is 18.4. The molecule has 1 aliphatic rings. The third-order valence-corrected chi connectivity index (χ3v) is 3.38. The molecule has 1 saturated carbocycles. The number of aromatic nitrogens is 2. The van der Waals surface area contributed by atoms with E-state index < -0.39 is 5.41 Å². The maximum Gasteiger partial charge on any atom is 0.321 e. The summed E-state index contributed by atoms with van der Waals surface area (Å²) in [6, 6.07) is 0. The summed E-state index contributed by atoms with van der Waals surface area (Å²) in [5.74, 6) is 0.778. The highest BCUT2D eigenvalue weighted by Crippen LogP contribution is 2.48. The van der Waals surface area contributed by atoms with E-state index in [0.29, 0.717) is 31.2 Å². The molecule has 0 N–H and O–H groups in total. The lowest BCUT2D eigenvalue weighted by atomic mass is 10.1. The average molecular weight is 268 g/mol. The zero-order valence-electron chi connectivity index (χ0n) is 11.8. The number of nitrogens with zero attached hydrogens (tertiary/aromatic N) is 2. The van der Waals surface area contributed by atoms with Gasteiger partial charge in [0.1, 0.15) is 11.5 Å². The Morgan fingerprint density at radius 2 is 2.16 bits per heavy atom. The molecule has 19 heavy (non-hydrogen) atoms. The van der Waals surface area contributed by atoms with E-state index in [1.54, 1.807) is 0 Å². The quantitative estimate of drug-likeness (QED) is 0.735. The lowest BCUT2D eigenvalue weighted by molar-refractivity contribution is -0.144. The minimum atomic E-state index is -0.715. The van der Waals surface area contributed by atoms with Gasteiger partial charge in [-0.25, -0.2) is 0 Å². The van der Waals surface area contributed by atoms with Crippen LogP contribution in [0.25, 0.3) is 0 Å². The number of rotatable bonds is 6. The van der Waals surface area contributed by atoms with Gasteiger partial charge in [-0.1, -0.05) is 19.0 Å². The van der Waals surface area contributed by atoms with Crippen LogP contribution < -0.4 is 0 Å². The molecule has 1 aliphatic carbocycles. The van der Waals surface area contributed by atoms with Crippen molar-refractivity contribution in [3.05, 3.63) is 11.7 Å². The molecule has 0 aliphatic heterocycles. The van der Waals surface area contributed by atoms with E-state index in [0.717, 1.165) is 0 Å². The van der Waals surface area contributed by atoms with Gasteiger partial charge in [0.15, 0.2) is 0 Å². The van der Waals surface area contributed by atoms with Crippen molar-refractivity contribution in [2.45, 2.75) is 45.1 Å². The molecule has 6 heteroatoms. The Hall–Kier alpha value is -1.43. The number of methoxy groups -OCH3 is 1. The first-order valence-electron chi connectivity index (χ1n) is 6.59. The first-order valence-corrected chi connectivity index (χ1v) is 6.59. The Morgan fingerprint density at radius 1 is 1.47 bits per heavy atom. The van der Waals surface area contributed by atoms with Gasteiger partial charge in [-0.3, -0.25) is 4.79 Å². The molecule has 1 aromatic rings. The number of carbonyl (C=O) groups excluding carboxylic acids is 1. The van der Waals surface area contributed by atoms with Gasteiger partial charge in [0.05, 0.1) is 7.11 Å². The zero-order chi connectivity index (χ0) is 14.0. The molecule has 2 rings (SSSR count). The summed E-state index contributed by atoms with van der Waals surface area (Å²) in [5, 5.41) is 3.96. The second-order valence-corrected chi connectivity index (χ2v) is 5.15. The van der Waals surface area contributed by atoms with Crippen LogP contribution in [0.15, 0.2) is 4.52 Å². The lowest BCUT2D eigenvalue weighted by Crippen LogP contribution is -2.22. The van der Waals surface area contributed by atoms with Crippen LogP contribution in [0.1, 0.15) is 51.4 Å². The summed E-state index contributed by atoms with van der Waals surface area (Å²) in [5.41, 5.74) is -0.715. The topological polar surface area (TPSA) is 74.5 Å². The number of carbonyl (C=O) groups is 1. The fraction of sp³-hybridized carbons (Fsp3) is 0.769. The third-order valence-electron chi connectivity index (χ3n) is 3.38. The van der Waals surface area contributed by atoms with Crippen LogP contribution in [0.5, 0.6) is 0 Å². The molecule has 6 nitrogen and oxygen atoms in total. The van der Waals surface area contributed by atoms with E-state index >= 15 is 0 Å². The molecule has 0 saturated heterocycles. The van der Waals surface area contributed by atoms with Gasteiger partial charge in [0, 0.05) is 6.61 Å². The zero-order valence-corrected chi connectivity index (χ0v) is 11.8. The highest BCUT2D eigenvalue weighted by molar-refractivity contribution is 5.85. The fourth-order valence-electron chi connectivity index (χ4n) is 2.12. The number of hydrogen-bond acceptors (Lipinski definition) is 6. The summed E-state index contributed by atoms with van der Waals surface area (Å²) >= 11 is 0. The lowest BCUT2D eigenvalue weighted by Gasteiger charge is -2.16. The Balaban J connectivity index is 2.21. The maximum atomic E-state index is 11.8. The highest BCUT2D eigenvalue weighted by atomic mass is 16.5. The largest absolute Gasteiger partial charge is 0.468 e. The molecule has 0 spiro atoms. The van der Waals surface area contributed by atoms with E-state index in [4.69, 9.17) is 14.0 Å². The van der Waals surface area contributed by atoms with E-state index in [1.165, 1.54) is 7.11 Å². The van der Waals surface area contributed by atoms with Crippen LogP contribution in [0.4, 0.5) is 0 Å². The number of esters is 1. The summed E-state index contributed by atoms with van der Waals surface area (Å²) < 4.78 is 15.7. The molecule has 106 valence electrons. The number of hydrogen-bond donors (Lipinski definition) is 0. The van der Waals surface area contributed by atoms with Crippen molar-refractivity contribution < 1.29 is 18.8 Å². The van der Waals surface area contributed by atoms with Crippen molar-refractivity contribution in [3.63, 3.8) is 0 Å². The Morgan fingerprint density at radius 3 is 2.63 bits per heavy atom. The second-order valence-electron chi connectivity index (χ2n) is 5.15. The molecule has 0 amide bonds. The van der Waals surface area contributed by atoms with Gasteiger partial charge in [0.25, 0.3) is 0 Å². The van der Waals surface area contributed by atoms with E-state index in [9.17, 15) is 4.79 Å². The summed E-state index contributed by atoms with van der Waals surface area (Å²) in [6.45, 7) is 6.56. The Labute approximate surface area is 112 Å². The summed E-state index contributed by atoms with van der Waals surface area (Å²) in [4.78, 5) is 16.1. The van der Waals surface area contributed by atoms with Gasteiger partial charge in [-0.2, -0.15) is 4.98 Å². The molecular weight excluding hydrogens is 248 g/mol. The SMILES string of the molecule is CCOC(c1noc(C2(C(=O)OC)CC2)n1)C(C)C. The van der Waals surface area contributed by atoms with Gasteiger partial charge in [-0.05, 0) is 25.7 Å². The van der Waals surface area contributed by atoms with E-state index in [2.05, 4.69) is 10.1 Å². The molecule has 0 bridgehead atoms. The number of ether oxygens (including phenoxy) is 2. The van der Waals surface area contributed by atoms with Crippen molar-refractivity contribution in [1.29, 1.82) is 0 Å². The standard InChI is InChI=1S/C13H20N2O4/c1-5-18-9(8(2)3)10-14-11(19-15-10)13(6-7-13)12(16)17-4/h8-9H,5-7H2,1-4H3. The smallest absolute Gasteiger partial charge is 0.321 e. The minimum Gasteiger partial charge on any atom is -0.468 e. The monoisotopic (exact) mass is 268 g/mol. The predicted molar refractivity (Wildman–Crippen MR) is 66.4 cm³/mol. The van der Waals surface area contributed by atoms with Crippen LogP contribution in [-0.4, -0.2) is 29.8 Å². The van der Waals surface area contributed by atoms with Crippen molar-refractivity contribution in [3.8, 4) is 0 Å². The summed E-state index contributed by atoms with van der Waals surface area (Å²) in [6.07, 6.45) is 1.18. The van der Waals surface area contributed by atoms with Crippen LogP contribution >= 0.6 is 0 Å². The van der Waals surface area contributed by atoms with Crippen LogP contribution in [0, 0.1) is 5.92 Å². The van der Waals surface area contributed by atoms with Gasteiger partial charge >= 0.3 is 5.97 Å². The second kappa shape index (κ2) is 5.28. The Bertz CT molecular complexity index is 451. The van der Waals surface area contributed by atoms with Gasteiger partial charge in [0.2, 0.25) is 11.7 Å². The van der Waals surface area contributed by atoms with Crippen molar-refractivity contribution in [2.24, 2.45) is 5.92 Å². The molecule has 1 unspecified atom stereocenters. The van der Waals surface area contributed by atoms with Crippen LogP contribution in [0.2, 0.25) is 0 Å². The first kappa shape index (κ1) is 14.0. The average Bonchev–Trinajstić information content (AvgIpc) is 3.06. The fourth-order valence-corrected chi connectivity index (χ4v) is 2.12. The van der Waals surface area contributed by atoms with Gasteiger partial charge in [-0.15, -0.1) is 0 Å². The molecule has 0 radical (unpaired) electrons. The molecule has 1 heterocycles. The highest BCUT2D eigenvalue weighted by Gasteiger charge is 2.57. The first-order chi connectivity index (χ1) is 9.05.